The second-order valence-electron chi connectivity index (χ2n) is 4.74. The zero-order chi connectivity index (χ0) is 14.4. The average Bonchev–Trinajstić information content (AvgIpc) is 2.47. The van der Waals surface area contributed by atoms with E-state index in [2.05, 4.69) is 17.2 Å². The van der Waals surface area contributed by atoms with Crippen LogP contribution in [0, 0.1) is 5.82 Å². The molecule has 1 unspecified atom stereocenters. The third kappa shape index (κ3) is 4.02. The van der Waals surface area contributed by atoms with Gasteiger partial charge in [0.2, 0.25) is 0 Å². The zero-order valence-electron chi connectivity index (χ0n) is 11.4. The van der Waals surface area contributed by atoms with E-state index in [0.717, 1.165) is 18.5 Å². The monoisotopic (exact) mass is 292 g/mol. The molecule has 20 heavy (non-hydrogen) atoms. The van der Waals surface area contributed by atoms with Crippen molar-refractivity contribution in [2.45, 2.75) is 25.8 Å². The van der Waals surface area contributed by atoms with E-state index >= 15 is 0 Å². The molecule has 1 atom stereocenters. The molecule has 1 aromatic heterocycles. The van der Waals surface area contributed by atoms with Crippen molar-refractivity contribution in [2.24, 2.45) is 0 Å². The highest BCUT2D eigenvalue weighted by Gasteiger charge is 2.16. The smallest absolute Gasteiger partial charge is 0.128 e. The summed E-state index contributed by atoms with van der Waals surface area (Å²) in [6.07, 6.45) is 5.22. The van der Waals surface area contributed by atoms with Crippen molar-refractivity contribution in [1.82, 2.24) is 10.3 Å². The van der Waals surface area contributed by atoms with Gasteiger partial charge < -0.3 is 5.32 Å². The third-order valence-electron chi connectivity index (χ3n) is 3.14. The lowest BCUT2D eigenvalue weighted by atomic mass is 9.99. The summed E-state index contributed by atoms with van der Waals surface area (Å²) in [7, 11) is 0. The predicted octanol–water partition coefficient (Wildman–Crippen LogP) is 4.16. The topological polar surface area (TPSA) is 24.9 Å². The number of nitrogens with one attached hydrogen (secondary N) is 1. The summed E-state index contributed by atoms with van der Waals surface area (Å²) < 4.78 is 14.0. The Hall–Kier alpha value is -1.45. The summed E-state index contributed by atoms with van der Waals surface area (Å²) in [5.74, 6) is -0.230. The highest BCUT2D eigenvalue weighted by atomic mass is 35.5. The molecule has 106 valence electrons. The van der Waals surface area contributed by atoms with Gasteiger partial charge in [-0.2, -0.15) is 0 Å². The minimum absolute atomic E-state index is 0.0992. The lowest BCUT2D eigenvalue weighted by Crippen LogP contribution is -2.25. The van der Waals surface area contributed by atoms with Crippen LogP contribution in [0.5, 0.6) is 0 Å². The fourth-order valence-electron chi connectivity index (χ4n) is 2.15. The Morgan fingerprint density at radius 3 is 2.90 bits per heavy atom. The average molecular weight is 293 g/mol. The van der Waals surface area contributed by atoms with Gasteiger partial charge in [-0.1, -0.05) is 24.6 Å². The predicted molar refractivity (Wildman–Crippen MR) is 80.4 cm³/mol. The van der Waals surface area contributed by atoms with Crippen LogP contribution in [0.25, 0.3) is 0 Å². The summed E-state index contributed by atoms with van der Waals surface area (Å²) >= 11 is 5.99. The summed E-state index contributed by atoms with van der Waals surface area (Å²) in [6.45, 7) is 2.92. The number of pyridine rings is 1. The van der Waals surface area contributed by atoms with E-state index in [1.54, 1.807) is 18.3 Å². The molecule has 2 aromatic rings. The highest BCUT2D eigenvalue weighted by molar-refractivity contribution is 6.30. The number of hydrogen-bond acceptors (Lipinski definition) is 2. The van der Waals surface area contributed by atoms with Gasteiger partial charge in [-0.25, -0.2) is 4.39 Å². The second-order valence-corrected chi connectivity index (χ2v) is 5.17. The molecule has 0 radical (unpaired) electrons. The third-order valence-corrected chi connectivity index (χ3v) is 3.37. The number of hydrogen-bond donors (Lipinski definition) is 1. The normalized spacial score (nSPS) is 12.3. The van der Waals surface area contributed by atoms with Crippen molar-refractivity contribution in [3.05, 3.63) is 64.7 Å². The first-order valence-corrected chi connectivity index (χ1v) is 7.15. The van der Waals surface area contributed by atoms with Gasteiger partial charge in [0.05, 0.1) is 0 Å². The number of aromatic nitrogens is 1. The molecule has 0 spiro atoms. The van der Waals surface area contributed by atoms with E-state index in [1.807, 2.05) is 18.3 Å². The minimum Gasteiger partial charge on any atom is -0.310 e. The summed E-state index contributed by atoms with van der Waals surface area (Å²) in [5.41, 5.74) is 1.68. The van der Waals surface area contributed by atoms with Crippen LogP contribution in [0.1, 0.15) is 30.5 Å². The van der Waals surface area contributed by atoms with Gasteiger partial charge in [-0.15, -0.1) is 0 Å². The van der Waals surface area contributed by atoms with E-state index in [-0.39, 0.29) is 11.9 Å². The molecule has 4 heteroatoms. The van der Waals surface area contributed by atoms with Crippen molar-refractivity contribution in [1.29, 1.82) is 0 Å². The molecule has 0 aliphatic rings. The van der Waals surface area contributed by atoms with E-state index in [9.17, 15) is 4.39 Å². The fraction of sp³-hybridized carbons (Fsp3) is 0.312. The standard InChI is InChI=1S/C16H18ClFN2/c1-2-7-20-16(9-12-4-3-8-19-11-12)14-10-13(17)5-6-15(14)18/h3-6,8,10-11,16,20H,2,7,9H2,1H3. The minimum atomic E-state index is -0.230. The van der Waals surface area contributed by atoms with E-state index in [1.165, 1.54) is 6.07 Å². The van der Waals surface area contributed by atoms with Crippen molar-refractivity contribution in [3.63, 3.8) is 0 Å². The molecule has 1 heterocycles. The van der Waals surface area contributed by atoms with Crippen LogP contribution in [-0.4, -0.2) is 11.5 Å². The first-order chi connectivity index (χ1) is 9.70. The zero-order valence-corrected chi connectivity index (χ0v) is 12.2. The van der Waals surface area contributed by atoms with Gasteiger partial charge in [-0.05, 0) is 49.2 Å². The molecular formula is C16H18ClFN2. The van der Waals surface area contributed by atoms with Crippen LogP contribution in [0.2, 0.25) is 5.02 Å². The molecule has 0 saturated heterocycles. The quantitative estimate of drug-likeness (QED) is 0.865. The van der Waals surface area contributed by atoms with E-state index in [0.29, 0.717) is 17.0 Å². The van der Waals surface area contributed by atoms with Crippen LogP contribution in [0.4, 0.5) is 4.39 Å². The molecule has 0 amide bonds. The summed E-state index contributed by atoms with van der Waals surface area (Å²) in [5, 5.41) is 3.93. The van der Waals surface area contributed by atoms with Crippen molar-refractivity contribution in [3.8, 4) is 0 Å². The molecular weight excluding hydrogens is 275 g/mol. The molecule has 0 fully saturated rings. The first-order valence-electron chi connectivity index (χ1n) is 6.78. The van der Waals surface area contributed by atoms with Gasteiger partial charge in [0.1, 0.15) is 5.82 Å². The molecule has 0 saturated carbocycles. The van der Waals surface area contributed by atoms with Gasteiger partial charge in [0, 0.05) is 29.0 Å². The maximum atomic E-state index is 14.0. The van der Waals surface area contributed by atoms with Crippen LogP contribution in [-0.2, 0) is 6.42 Å². The number of halogens is 2. The van der Waals surface area contributed by atoms with E-state index < -0.39 is 0 Å². The summed E-state index contributed by atoms with van der Waals surface area (Å²) in [4.78, 5) is 4.10. The Morgan fingerprint density at radius 2 is 2.20 bits per heavy atom. The SMILES string of the molecule is CCCNC(Cc1cccnc1)c1cc(Cl)ccc1F. The fourth-order valence-corrected chi connectivity index (χ4v) is 2.33. The Morgan fingerprint density at radius 1 is 1.35 bits per heavy atom. The van der Waals surface area contributed by atoms with Crippen LogP contribution in [0.15, 0.2) is 42.7 Å². The maximum Gasteiger partial charge on any atom is 0.128 e. The Bertz CT molecular complexity index is 545. The number of rotatable bonds is 6. The van der Waals surface area contributed by atoms with Crippen molar-refractivity contribution in [2.75, 3.05) is 6.54 Å². The molecule has 2 nitrogen and oxygen atoms in total. The lowest BCUT2D eigenvalue weighted by Gasteiger charge is -2.20. The lowest BCUT2D eigenvalue weighted by molar-refractivity contribution is 0.496. The maximum absolute atomic E-state index is 14.0. The van der Waals surface area contributed by atoms with Crippen LogP contribution >= 0.6 is 11.6 Å². The largest absolute Gasteiger partial charge is 0.310 e. The van der Waals surface area contributed by atoms with E-state index in [4.69, 9.17) is 11.6 Å². The molecule has 1 aromatic carbocycles. The molecule has 0 aliphatic heterocycles. The Balaban J connectivity index is 2.24. The second kappa shape index (κ2) is 7.36. The van der Waals surface area contributed by atoms with Crippen LogP contribution < -0.4 is 5.32 Å². The van der Waals surface area contributed by atoms with Gasteiger partial charge in [-0.3, -0.25) is 4.98 Å². The number of benzene rings is 1. The molecule has 2 rings (SSSR count). The highest BCUT2D eigenvalue weighted by Crippen LogP contribution is 2.24. The van der Waals surface area contributed by atoms with Crippen molar-refractivity contribution < 1.29 is 4.39 Å². The first kappa shape index (κ1) is 14.9. The van der Waals surface area contributed by atoms with Crippen LogP contribution in [0.3, 0.4) is 0 Å². The van der Waals surface area contributed by atoms with Gasteiger partial charge in [0.15, 0.2) is 0 Å². The van der Waals surface area contributed by atoms with Gasteiger partial charge in [0.25, 0.3) is 0 Å². The van der Waals surface area contributed by atoms with Gasteiger partial charge >= 0.3 is 0 Å². The molecule has 0 bridgehead atoms. The molecule has 1 N–H and O–H groups in total. The summed E-state index contributed by atoms with van der Waals surface area (Å²) in [6, 6.07) is 8.47. The Kier molecular flexibility index (Phi) is 5.50. The number of nitrogens with zero attached hydrogens (tertiary/aromatic N) is 1. The Labute approximate surface area is 124 Å². The molecule has 0 aliphatic carbocycles. The van der Waals surface area contributed by atoms with Crippen molar-refractivity contribution >= 4 is 11.6 Å².